The molecule has 5 rings (SSSR count). The number of hydrogen-bond acceptors (Lipinski definition) is 3. The molecule has 0 unspecified atom stereocenters. The standard InChI is InChI=1S/C24H18ClF2N3O/c1-14-6-8-15(9-7-14)19-13-21(17-12-16(25)10-11-22(17)31-23(26)27)30-20-5-3-2-4-18(20)28-24(30)29-19/h2-13,21,23H,1H3,(H,28,29)/t21-/m1/s1. The fraction of sp³-hybridized carbons (Fsp3) is 0.125. The van der Waals surface area contributed by atoms with E-state index < -0.39 is 12.7 Å². The molecular formula is C24H18ClF2N3O. The molecule has 0 amide bonds. The molecule has 1 aliphatic rings. The molecule has 0 saturated carbocycles. The summed E-state index contributed by atoms with van der Waals surface area (Å²) in [5.74, 6) is 0.696. The third-order valence-electron chi connectivity index (χ3n) is 5.31. The lowest BCUT2D eigenvalue weighted by atomic mass is 9.99. The number of alkyl halides is 2. The van der Waals surface area contributed by atoms with Crippen LogP contribution >= 0.6 is 11.6 Å². The first kappa shape index (κ1) is 19.6. The summed E-state index contributed by atoms with van der Waals surface area (Å²) >= 11 is 6.26. The molecule has 0 spiro atoms. The van der Waals surface area contributed by atoms with Crippen molar-refractivity contribution in [2.24, 2.45) is 0 Å². The quantitative estimate of drug-likeness (QED) is 0.388. The average Bonchev–Trinajstić information content (AvgIpc) is 3.13. The van der Waals surface area contributed by atoms with Gasteiger partial charge in [-0.2, -0.15) is 8.78 Å². The Morgan fingerprint density at radius 1 is 1.06 bits per heavy atom. The lowest BCUT2D eigenvalue weighted by Gasteiger charge is -2.28. The number of anilines is 1. The van der Waals surface area contributed by atoms with Crippen LogP contribution in [0.1, 0.15) is 22.7 Å². The summed E-state index contributed by atoms with van der Waals surface area (Å²) in [6.07, 6.45) is 1.98. The van der Waals surface area contributed by atoms with Gasteiger partial charge in [0, 0.05) is 16.3 Å². The van der Waals surface area contributed by atoms with Crippen molar-refractivity contribution in [1.82, 2.24) is 9.55 Å². The minimum atomic E-state index is -2.94. The first-order valence-corrected chi connectivity index (χ1v) is 10.1. The second kappa shape index (κ2) is 7.71. The maximum atomic E-state index is 13.1. The number of allylic oxidation sites excluding steroid dienone is 1. The van der Waals surface area contributed by atoms with Gasteiger partial charge in [0.25, 0.3) is 0 Å². The van der Waals surface area contributed by atoms with Crippen LogP contribution in [-0.2, 0) is 0 Å². The predicted octanol–water partition coefficient (Wildman–Crippen LogP) is 6.66. The van der Waals surface area contributed by atoms with E-state index in [4.69, 9.17) is 21.3 Å². The number of para-hydroxylation sites is 2. The molecule has 31 heavy (non-hydrogen) atoms. The van der Waals surface area contributed by atoms with Gasteiger partial charge in [-0.25, -0.2) is 4.98 Å². The Kier molecular flexibility index (Phi) is 4.87. The maximum Gasteiger partial charge on any atom is 0.387 e. The van der Waals surface area contributed by atoms with E-state index in [2.05, 4.69) is 5.32 Å². The minimum Gasteiger partial charge on any atom is -0.434 e. The van der Waals surface area contributed by atoms with Gasteiger partial charge in [0.05, 0.1) is 17.1 Å². The van der Waals surface area contributed by atoms with E-state index >= 15 is 0 Å². The number of hydrogen-bond donors (Lipinski definition) is 1. The fourth-order valence-electron chi connectivity index (χ4n) is 3.89. The van der Waals surface area contributed by atoms with Crippen LogP contribution in [-0.4, -0.2) is 16.2 Å². The third-order valence-corrected chi connectivity index (χ3v) is 5.55. The van der Waals surface area contributed by atoms with Crippen molar-refractivity contribution in [3.05, 3.63) is 94.5 Å². The van der Waals surface area contributed by atoms with Crippen molar-refractivity contribution in [2.45, 2.75) is 19.6 Å². The summed E-state index contributed by atoms with van der Waals surface area (Å²) < 4.78 is 33.1. The molecule has 1 aromatic heterocycles. The largest absolute Gasteiger partial charge is 0.434 e. The van der Waals surface area contributed by atoms with E-state index in [-0.39, 0.29) is 5.75 Å². The van der Waals surface area contributed by atoms with E-state index in [0.717, 1.165) is 27.9 Å². The van der Waals surface area contributed by atoms with Crippen molar-refractivity contribution in [2.75, 3.05) is 5.32 Å². The van der Waals surface area contributed by atoms with E-state index in [0.29, 0.717) is 16.5 Å². The zero-order chi connectivity index (χ0) is 21.5. The van der Waals surface area contributed by atoms with Crippen molar-refractivity contribution in [1.29, 1.82) is 0 Å². The van der Waals surface area contributed by atoms with Crippen LogP contribution < -0.4 is 10.1 Å². The topological polar surface area (TPSA) is 39.1 Å². The zero-order valence-electron chi connectivity index (χ0n) is 16.5. The van der Waals surface area contributed by atoms with Gasteiger partial charge in [-0.3, -0.25) is 4.57 Å². The van der Waals surface area contributed by atoms with Crippen molar-refractivity contribution in [3.63, 3.8) is 0 Å². The molecule has 0 saturated heterocycles. The molecule has 0 bridgehead atoms. The summed E-state index contributed by atoms with van der Waals surface area (Å²) in [4.78, 5) is 4.72. The van der Waals surface area contributed by atoms with Crippen molar-refractivity contribution in [3.8, 4) is 5.75 Å². The number of fused-ring (bicyclic) bond motifs is 3. The number of imidazole rings is 1. The van der Waals surface area contributed by atoms with Gasteiger partial charge in [-0.05, 0) is 48.9 Å². The molecule has 0 aliphatic carbocycles. The summed E-state index contributed by atoms with van der Waals surface area (Å²) in [6.45, 7) is -0.921. The highest BCUT2D eigenvalue weighted by Gasteiger charge is 2.28. The van der Waals surface area contributed by atoms with Crippen LogP contribution in [0.4, 0.5) is 14.7 Å². The number of nitrogens with one attached hydrogen (secondary N) is 1. The molecule has 4 aromatic rings. The van der Waals surface area contributed by atoms with Crippen LogP contribution in [0.25, 0.3) is 16.7 Å². The maximum absolute atomic E-state index is 13.1. The monoisotopic (exact) mass is 437 g/mol. The molecule has 1 aliphatic heterocycles. The number of aromatic nitrogens is 2. The molecule has 3 aromatic carbocycles. The number of nitrogens with zero attached hydrogens (tertiary/aromatic N) is 2. The highest BCUT2D eigenvalue weighted by atomic mass is 35.5. The fourth-order valence-corrected chi connectivity index (χ4v) is 4.07. The molecule has 1 N–H and O–H groups in total. The second-order valence-electron chi connectivity index (χ2n) is 7.37. The van der Waals surface area contributed by atoms with Crippen LogP contribution in [0.5, 0.6) is 5.75 Å². The number of ether oxygens (including phenoxy) is 1. The predicted molar refractivity (Wildman–Crippen MR) is 119 cm³/mol. The Morgan fingerprint density at radius 2 is 1.84 bits per heavy atom. The lowest BCUT2D eigenvalue weighted by molar-refractivity contribution is -0.0505. The van der Waals surface area contributed by atoms with Gasteiger partial charge in [0.1, 0.15) is 5.75 Å². The van der Waals surface area contributed by atoms with E-state index in [9.17, 15) is 8.78 Å². The smallest absolute Gasteiger partial charge is 0.387 e. The summed E-state index contributed by atoms with van der Waals surface area (Å²) in [7, 11) is 0. The van der Waals surface area contributed by atoms with E-state index in [1.807, 2.05) is 66.1 Å². The van der Waals surface area contributed by atoms with E-state index in [1.165, 1.54) is 6.07 Å². The molecule has 0 radical (unpaired) electrons. The van der Waals surface area contributed by atoms with Gasteiger partial charge in [0.15, 0.2) is 0 Å². The number of rotatable bonds is 4. The van der Waals surface area contributed by atoms with Gasteiger partial charge >= 0.3 is 6.61 Å². The summed E-state index contributed by atoms with van der Waals surface area (Å²) in [5.41, 5.74) is 5.14. The molecule has 7 heteroatoms. The van der Waals surface area contributed by atoms with Crippen LogP contribution in [0.15, 0.2) is 72.8 Å². The van der Waals surface area contributed by atoms with Crippen LogP contribution in [0.3, 0.4) is 0 Å². The number of halogens is 3. The van der Waals surface area contributed by atoms with Gasteiger partial charge in [-0.15, -0.1) is 0 Å². The molecule has 156 valence electrons. The second-order valence-corrected chi connectivity index (χ2v) is 7.81. The summed E-state index contributed by atoms with van der Waals surface area (Å²) in [6, 6.07) is 20.0. The van der Waals surface area contributed by atoms with Gasteiger partial charge in [0.2, 0.25) is 5.95 Å². The Labute approximate surface area is 182 Å². The van der Waals surface area contributed by atoms with Gasteiger partial charge in [-0.1, -0.05) is 53.6 Å². The summed E-state index contributed by atoms with van der Waals surface area (Å²) in [5, 5.41) is 3.82. The Balaban J connectivity index is 1.74. The SMILES string of the molecule is Cc1ccc(C2=C[C@H](c3cc(Cl)ccc3OC(F)F)n3c(nc4ccccc43)N2)cc1. The van der Waals surface area contributed by atoms with Crippen molar-refractivity contribution >= 4 is 34.3 Å². The van der Waals surface area contributed by atoms with Crippen LogP contribution in [0, 0.1) is 6.92 Å². The molecule has 1 atom stereocenters. The van der Waals surface area contributed by atoms with Crippen LogP contribution in [0.2, 0.25) is 5.02 Å². The Morgan fingerprint density at radius 3 is 2.61 bits per heavy atom. The van der Waals surface area contributed by atoms with Crippen molar-refractivity contribution < 1.29 is 13.5 Å². The average molecular weight is 438 g/mol. The number of aryl methyl sites for hydroxylation is 1. The number of benzene rings is 3. The van der Waals surface area contributed by atoms with Gasteiger partial charge < -0.3 is 10.1 Å². The highest BCUT2D eigenvalue weighted by molar-refractivity contribution is 6.30. The highest BCUT2D eigenvalue weighted by Crippen LogP contribution is 2.41. The first-order chi connectivity index (χ1) is 15.0. The Bertz CT molecular complexity index is 1300. The molecule has 4 nitrogen and oxygen atoms in total. The molecule has 0 fully saturated rings. The Hall–Kier alpha value is -3.38. The normalized spacial score (nSPS) is 15.5. The zero-order valence-corrected chi connectivity index (χ0v) is 17.3. The molecular weight excluding hydrogens is 420 g/mol. The van der Waals surface area contributed by atoms with E-state index in [1.54, 1.807) is 12.1 Å². The minimum absolute atomic E-state index is 0.0783. The lowest BCUT2D eigenvalue weighted by Crippen LogP contribution is -2.20. The third kappa shape index (κ3) is 3.64. The molecule has 2 heterocycles. The first-order valence-electron chi connectivity index (χ1n) is 9.77.